The zero-order chi connectivity index (χ0) is 12.7. The van der Waals surface area contributed by atoms with Crippen LogP contribution in [-0.2, 0) is 11.2 Å². The van der Waals surface area contributed by atoms with Crippen LogP contribution in [0.15, 0.2) is 18.2 Å². The minimum Gasteiger partial charge on any atom is -0.366 e. The highest BCUT2D eigenvalue weighted by atomic mass is 16.1. The lowest BCUT2D eigenvalue weighted by molar-refractivity contribution is -0.124. The zero-order valence-corrected chi connectivity index (χ0v) is 10.3. The molecule has 2 atom stereocenters. The molecule has 18 heavy (non-hydrogen) atoms. The summed E-state index contributed by atoms with van der Waals surface area (Å²) in [6, 6.07) is 5.61. The van der Waals surface area contributed by atoms with Crippen molar-refractivity contribution in [2.75, 3.05) is 0 Å². The van der Waals surface area contributed by atoms with Gasteiger partial charge in [0.05, 0.1) is 0 Å². The van der Waals surface area contributed by atoms with Crippen LogP contribution >= 0.6 is 0 Å². The number of benzene rings is 1. The lowest BCUT2D eigenvalue weighted by atomic mass is 9.67. The number of amides is 1. The predicted molar refractivity (Wildman–Crippen MR) is 68.4 cm³/mol. The number of carbonyl (C=O) groups excluding carboxylic acids is 2. The van der Waals surface area contributed by atoms with E-state index in [1.807, 2.05) is 6.07 Å². The molecule has 3 heteroatoms. The van der Waals surface area contributed by atoms with Crippen LogP contribution in [0.1, 0.15) is 53.1 Å². The molecule has 0 bridgehead atoms. The van der Waals surface area contributed by atoms with Gasteiger partial charge in [-0.3, -0.25) is 9.59 Å². The third-order valence-electron chi connectivity index (χ3n) is 4.37. The molecule has 0 aromatic heterocycles. The molecule has 0 heterocycles. The molecule has 2 aliphatic carbocycles. The van der Waals surface area contributed by atoms with E-state index >= 15 is 0 Å². The summed E-state index contributed by atoms with van der Waals surface area (Å²) in [7, 11) is 0. The molecule has 1 fully saturated rings. The van der Waals surface area contributed by atoms with Gasteiger partial charge in [-0.2, -0.15) is 0 Å². The van der Waals surface area contributed by atoms with E-state index in [1.165, 1.54) is 18.4 Å². The van der Waals surface area contributed by atoms with Gasteiger partial charge in [0.15, 0.2) is 0 Å². The molecule has 2 unspecified atom stereocenters. The van der Waals surface area contributed by atoms with E-state index in [1.54, 1.807) is 12.1 Å². The van der Waals surface area contributed by atoms with E-state index in [-0.39, 0.29) is 5.92 Å². The highest BCUT2D eigenvalue weighted by molar-refractivity contribution is 5.94. The number of Topliss-reactive ketones (excluding diaryl/α,β-unsaturated/α-hetero) is 1. The van der Waals surface area contributed by atoms with Gasteiger partial charge in [0.25, 0.3) is 0 Å². The van der Waals surface area contributed by atoms with E-state index in [0.29, 0.717) is 23.7 Å². The van der Waals surface area contributed by atoms with Gasteiger partial charge in [-0.15, -0.1) is 0 Å². The Morgan fingerprint density at radius 1 is 1.17 bits per heavy atom. The third-order valence-corrected chi connectivity index (χ3v) is 4.37. The topological polar surface area (TPSA) is 60.2 Å². The minimum atomic E-state index is -0.420. The maximum Gasteiger partial charge on any atom is 0.248 e. The Morgan fingerprint density at radius 3 is 2.61 bits per heavy atom. The fraction of sp³-hybridized carbons (Fsp3) is 0.467. The van der Waals surface area contributed by atoms with Gasteiger partial charge < -0.3 is 5.73 Å². The molecule has 94 valence electrons. The van der Waals surface area contributed by atoms with Crippen LogP contribution < -0.4 is 5.73 Å². The van der Waals surface area contributed by atoms with Crippen molar-refractivity contribution in [2.24, 2.45) is 11.7 Å². The van der Waals surface area contributed by atoms with Crippen molar-refractivity contribution in [1.82, 2.24) is 0 Å². The van der Waals surface area contributed by atoms with Crippen LogP contribution in [0.2, 0.25) is 0 Å². The Kier molecular flexibility index (Phi) is 2.69. The van der Waals surface area contributed by atoms with Gasteiger partial charge in [0, 0.05) is 17.9 Å². The van der Waals surface area contributed by atoms with Gasteiger partial charge in [0.2, 0.25) is 5.91 Å². The predicted octanol–water partition coefficient (Wildman–Crippen LogP) is 2.18. The van der Waals surface area contributed by atoms with Crippen LogP contribution in [0.25, 0.3) is 0 Å². The van der Waals surface area contributed by atoms with E-state index in [4.69, 9.17) is 5.73 Å². The van der Waals surface area contributed by atoms with Gasteiger partial charge in [-0.25, -0.2) is 0 Å². The zero-order valence-electron chi connectivity index (χ0n) is 10.3. The van der Waals surface area contributed by atoms with Gasteiger partial charge in [-0.05, 0) is 42.0 Å². The maximum absolute atomic E-state index is 12.2. The summed E-state index contributed by atoms with van der Waals surface area (Å²) in [6.45, 7) is 0. The number of hydrogen-bond acceptors (Lipinski definition) is 2. The Labute approximate surface area is 106 Å². The molecular formula is C15H17NO2. The summed E-state index contributed by atoms with van der Waals surface area (Å²) < 4.78 is 0. The quantitative estimate of drug-likeness (QED) is 0.821. The standard InChI is InChI=1S/C15H17NO2/c16-15(18)9-5-6-11-10(7-9)8-14(17)13-4-2-1-3-12(11)13/h5-7,12-13H,1-4,8H2,(H2,16,18). The Morgan fingerprint density at radius 2 is 1.89 bits per heavy atom. The fourth-order valence-electron chi connectivity index (χ4n) is 3.48. The molecule has 0 saturated heterocycles. The highest BCUT2D eigenvalue weighted by Crippen LogP contribution is 2.43. The number of hydrogen-bond donors (Lipinski definition) is 1. The summed E-state index contributed by atoms with van der Waals surface area (Å²) >= 11 is 0. The first-order valence-electron chi connectivity index (χ1n) is 6.62. The summed E-state index contributed by atoms with van der Waals surface area (Å²) in [5.74, 6) is 0.507. The average Bonchev–Trinajstić information content (AvgIpc) is 2.38. The van der Waals surface area contributed by atoms with Crippen LogP contribution in [0, 0.1) is 5.92 Å². The van der Waals surface area contributed by atoms with Crippen molar-refractivity contribution < 1.29 is 9.59 Å². The number of carbonyl (C=O) groups is 2. The average molecular weight is 243 g/mol. The van der Waals surface area contributed by atoms with Crippen molar-refractivity contribution in [2.45, 2.75) is 38.0 Å². The summed E-state index contributed by atoms with van der Waals surface area (Å²) in [6.07, 6.45) is 4.96. The molecule has 3 nitrogen and oxygen atoms in total. The number of rotatable bonds is 1. The molecule has 0 radical (unpaired) electrons. The monoisotopic (exact) mass is 243 g/mol. The molecule has 2 N–H and O–H groups in total. The number of primary amides is 1. The lowest BCUT2D eigenvalue weighted by Crippen LogP contribution is -2.32. The van der Waals surface area contributed by atoms with Crippen LogP contribution in [0.3, 0.4) is 0 Å². The molecule has 3 rings (SSSR count). The second-order valence-corrected chi connectivity index (χ2v) is 5.42. The third kappa shape index (κ3) is 1.74. The van der Waals surface area contributed by atoms with Gasteiger partial charge >= 0.3 is 0 Å². The molecule has 0 spiro atoms. The van der Waals surface area contributed by atoms with Crippen molar-refractivity contribution in [3.05, 3.63) is 34.9 Å². The molecular weight excluding hydrogens is 226 g/mol. The van der Waals surface area contributed by atoms with E-state index in [2.05, 4.69) is 0 Å². The summed E-state index contributed by atoms with van der Waals surface area (Å²) in [5.41, 5.74) is 8.08. The van der Waals surface area contributed by atoms with E-state index in [0.717, 1.165) is 18.4 Å². The molecule has 1 aromatic carbocycles. The molecule has 1 saturated carbocycles. The molecule has 1 aromatic rings. The summed E-state index contributed by atoms with van der Waals surface area (Å²) in [4.78, 5) is 23.3. The number of nitrogens with two attached hydrogens (primary N) is 1. The van der Waals surface area contributed by atoms with Crippen LogP contribution in [0.5, 0.6) is 0 Å². The normalized spacial score (nSPS) is 26.3. The molecule has 1 amide bonds. The van der Waals surface area contributed by atoms with Crippen molar-refractivity contribution in [3.63, 3.8) is 0 Å². The largest absolute Gasteiger partial charge is 0.366 e. The first-order chi connectivity index (χ1) is 8.66. The van der Waals surface area contributed by atoms with Crippen molar-refractivity contribution >= 4 is 11.7 Å². The lowest BCUT2D eigenvalue weighted by Gasteiger charge is -2.36. The smallest absolute Gasteiger partial charge is 0.248 e. The minimum absolute atomic E-state index is 0.214. The molecule has 2 aliphatic rings. The Bertz CT molecular complexity index is 521. The number of fused-ring (bicyclic) bond motifs is 3. The summed E-state index contributed by atoms with van der Waals surface area (Å²) in [5, 5.41) is 0. The van der Waals surface area contributed by atoms with Gasteiger partial charge in [0.1, 0.15) is 5.78 Å². The van der Waals surface area contributed by atoms with E-state index < -0.39 is 5.91 Å². The molecule has 0 aliphatic heterocycles. The maximum atomic E-state index is 12.2. The van der Waals surface area contributed by atoms with Crippen LogP contribution in [0.4, 0.5) is 0 Å². The van der Waals surface area contributed by atoms with Crippen molar-refractivity contribution in [3.8, 4) is 0 Å². The van der Waals surface area contributed by atoms with Gasteiger partial charge in [-0.1, -0.05) is 18.9 Å². The van der Waals surface area contributed by atoms with Crippen LogP contribution in [-0.4, -0.2) is 11.7 Å². The van der Waals surface area contributed by atoms with Crippen molar-refractivity contribution in [1.29, 1.82) is 0 Å². The second kappa shape index (κ2) is 4.23. The van der Waals surface area contributed by atoms with E-state index in [9.17, 15) is 9.59 Å². The fourth-order valence-corrected chi connectivity index (χ4v) is 3.48. The SMILES string of the molecule is NC(=O)c1ccc2c(c1)CC(=O)C1CCCCC21. The Hall–Kier alpha value is -1.64. The number of ketones is 1. The highest BCUT2D eigenvalue weighted by Gasteiger charge is 2.36. The first kappa shape index (κ1) is 11.5. The Balaban J connectivity index is 2.04. The second-order valence-electron chi connectivity index (χ2n) is 5.42. The first-order valence-corrected chi connectivity index (χ1v) is 6.62.